The zero-order valence-electron chi connectivity index (χ0n) is 10.2. The van der Waals surface area contributed by atoms with Gasteiger partial charge in [-0.15, -0.1) is 0 Å². The predicted octanol–water partition coefficient (Wildman–Crippen LogP) is 2.18. The molecule has 0 bridgehead atoms. The first kappa shape index (κ1) is 11.8. The Bertz CT molecular complexity index is 519. The van der Waals surface area contributed by atoms with Crippen LogP contribution in [0, 0.1) is 12.7 Å². The zero-order chi connectivity index (χ0) is 12.4. The molecule has 2 rings (SSSR count). The number of aryl methyl sites for hydroxylation is 2. The molecule has 4 heteroatoms. The lowest BCUT2D eigenvalue weighted by Crippen LogP contribution is -2.21. The quantitative estimate of drug-likeness (QED) is 0.880. The third-order valence-electron chi connectivity index (χ3n) is 2.91. The van der Waals surface area contributed by atoms with Crippen LogP contribution in [0.25, 0.3) is 0 Å². The van der Waals surface area contributed by atoms with Crippen LogP contribution in [0.2, 0.25) is 0 Å². The maximum Gasteiger partial charge on any atom is 0.128 e. The lowest BCUT2D eigenvalue weighted by molar-refractivity contribution is 0.551. The molecule has 0 saturated heterocycles. The summed E-state index contributed by atoms with van der Waals surface area (Å²) in [5, 5.41) is 7.23. The highest BCUT2D eigenvalue weighted by atomic mass is 19.1. The van der Waals surface area contributed by atoms with Gasteiger partial charge in [0.2, 0.25) is 0 Å². The van der Waals surface area contributed by atoms with Crippen molar-refractivity contribution in [1.29, 1.82) is 0 Å². The summed E-state index contributed by atoms with van der Waals surface area (Å²) in [4.78, 5) is 0. The van der Waals surface area contributed by atoms with Crippen LogP contribution in [0.5, 0.6) is 0 Å². The normalized spacial score (nSPS) is 12.7. The van der Waals surface area contributed by atoms with E-state index in [9.17, 15) is 4.39 Å². The SMILES string of the molecule is CNC(c1ccc(C)cc1F)c1ccnn1C. The zero-order valence-corrected chi connectivity index (χ0v) is 10.2. The minimum Gasteiger partial charge on any atom is -0.308 e. The van der Waals surface area contributed by atoms with E-state index in [4.69, 9.17) is 0 Å². The van der Waals surface area contributed by atoms with Gasteiger partial charge in [-0.2, -0.15) is 5.10 Å². The van der Waals surface area contributed by atoms with Crippen LogP contribution in [0.3, 0.4) is 0 Å². The van der Waals surface area contributed by atoms with E-state index in [0.29, 0.717) is 5.56 Å². The van der Waals surface area contributed by atoms with Crippen molar-refractivity contribution >= 4 is 0 Å². The standard InChI is InChI=1S/C13H16FN3/c1-9-4-5-10(11(14)8-9)13(15-2)12-6-7-16-17(12)3/h4-8,13,15H,1-3H3. The first-order valence-electron chi connectivity index (χ1n) is 5.54. The van der Waals surface area contributed by atoms with Gasteiger partial charge < -0.3 is 5.32 Å². The molecular formula is C13H16FN3. The van der Waals surface area contributed by atoms with Crippen LogP contribution >= 0.6 is 0 Å². The van der Waals surface area contributed by atoms with Gasteiger partial charge in [-0.1, -0.05) is 12.1 Å². The van der Waals surface area contributed by atoms with Crippen LogP contribution in [0.4, 0.5) is 4.39 Å². The van der Waals surface area contributed by atoms with Crippen LogP contribution in [-0.4, -0.2) is 16.8 Å². The third-order valence-corrected chi connectivity index (χ3v) is 2.91. The summed E-state index contributed by atoms with van der Waals surface area (Å²) in [5.74, 6) is -0.189. The summed E-state index contributed by atoms with van der Waals surface area (Å²) in [5.41, 5.74) is 2.50. The fraction of sp³-hybridized carbons (Fsp3) is 0.308. The molecule has 2 aromatic rings. The largest absolute Gasteiger partial charge is 0.308 e. The van der Waals surface area contributed by atoms with Crippen molar-refractivity contribution in [3.8, 4) is 0 Å². The van der Waals surface area contributed by atoms with Gasteiger partial charge in [-0.25, -0.2) is 4.39 Å². The first-order chi connectivity index (χ1) is 8.13. The molecule has 17 heavy (non-hydrogen) atoms. The van der Waals surface area contributed by atoms with E-state index in [1.54, 1.807) is 16.9 Å². The van der Waals surface area contributed by atoms with Crippen molar-refractivity contribution in [2.24, 2.45) is 7.05 Å². The highest BCUT2D eigenvalue weighted by Crippen LogP contribution is 2.24. The molecule has 1 aromatic carbocycles. The topological polar surface area (TPSA) is 29.9 Å². The first-order valence-corrected chi connectivity index (χ1v) is 5.54. The van der Waals surface area contributed by atoms with Crippen LogP contribution in [-0.2, 0) is 7.05 Å². The smallest absolute Gasteiger partial charge is 0.128 e. The minimum atomic E-state index is -0.189. The van der Waals surface area contributed by atoms with Crippen molar-refractivity contribution in [3.63, 3.8) is 0 Å². The van der Waals surface area contributed by atoms with E-state index in [1.165, 1.54) is 0 Å². The maximum atomic E-state index is 13.9. The fourth-order valence-corrected chi connectivity index (χ4v) is 2.00. The van der Waals surface area contributed by atoms with E-state index >= 15 is 0 Å². The fourth-order valence-electron chi connectivity index (χ4n) is 2.00. The van der Waals surface area contributed by atoms with Crippen LogP contribution in [0.15, 0.2) is 30.5 Å². The number of benzene rings is 1. The Morgan fingerprint density at radius 1 is 1.35 bits per heavy atom. The van der Waals surface area contributed by atoms with E-state index in [2.05, 4.69) is 10.4 Å². The van der Waals surface area contributed by atoms with Crippen molar-refractivity contribution in [3.05, 3.63) is 53.1 Å². The van der Waals surface area contributed by atoms with Gasteiger partial charge in [0, 0.05) is 18.8 Å². The highest BCUT2D eigenvalue weighted by molar-refractivity contribution is 5.31. The number of nitrogens with zero attached hydrogens (tertiary/aromatic N) is 2. The summed E-state index contributed by atoms with van der Waals surface area (Å²) < 4.78 is 15.7. The summed E-state index contributed by atoms with van der Waals surface area (Å²) in [6.07, 6.45) is 1.71. The molecule has 0 aliphatic carbocycles. The molecule has 0 fully saturated rings. The molecule has 1 aromatic heterocycles. The molecule has 0 spiro atoms. The minimum absolute atomic E-state index is 0.178. The Labute approximate surface area is 100 Å². The van der Waals surface area contributed by atoms with Gasteiger partial charge in [0.15, 0.2) is 0 Å². The molecule has 1 N–H and O–H groups in total. The second-order valence-corrected chi connectivity index (χ2v) is 4.13. The second kappa shape index (κ2) is 4.67. The molecule has 0 aliphatic heterocycles. The Morgan fingerprint density at radius 3 is 2.65 bits per heavy atom. The number of halogens is 1. The molecular weight excluding hydrogens is 217 g/mol. The van der Waals surface area contributed by atoms with Gasteiger partial charge in [0.05, 0.1) is 11.7 Å². The summed E-state index contributed by atoms with van der Waals surface area (Å²) in [7, 11) is 3.67. The van der Waals surface area contributed by atoms with Crippen molar-refractivity contribution in [2.45, 2.75) is 13.0 Å². The lowest BCUT2D eigenvalue weighted by Gasteiger charge is -2.18. The van der Waals surface area contributed by atoms with E-state index in [0.717, 1.165) is 11.3 Å². The van der Waals surface area contributed by atoms with Crippen molar-refractivity contribution in [2.75, 3.05) is 7.05 Å². The Balaban J connectivity index is 2.46. The molecule has 0 radical (unpaired) electrons. The number of aromatic nitrogens is 2. The Kier molecular flexibility index (Phi) is 3.24. The van der Waals surface area contributed by atoms with Gasteiger partial charge in [0.1, 0.15) is 5.82 Å². The van der Waals surface area contributed by atoms with Crippen LogP contribution < -0.4 is 5.32 Å². The summed E-state index contributed by atoms with van der Waals surface area (Å²) >= 11 is 0. The number of hydrogen-bond donors (Lipinski definition) is 1. The number of hydrogen-bond acceptors (Lipinski definition) is 2. The number of rotatable bonds is 3. The molecule has 1 unspecified atom stereocenters. The molecule has 1 heterocycles. The van der Waals surface area contributed by atoms with Gasteiger partial charge >= 0.3 is 0 Å². The monoisotopic (exact) mass is 233 g/mol. The Morgan fingerprint density at radius 2 is 2.12 bits per heavy atom. The molecule has 1 atom stereocenters. The molecule has 0 saturated carbocycles. The average molecular weight is 233 g/mol. The highest BCUT2D eigenvalue weighted by Gasteiger charge is 2.18. The van der Waals surface area contributed by atoms with Crippen molar-refractivity contribution in [1.82, 2.24) is 15.1 Å². The molecule has 0 aliphatic rings. The van der Waals surface area contributed by atoms with E-state index in [-0.39, 0.29) is 11.9 Å². The molecule has 3 nitrogen and oxygen atoms in total. The van der Waals surface area contributed by atoms with E-state index < -0.39 is 0 Å². The molecule has 0 amide bonds. The second-order valence-electron chi connectivity index (χ2n) is 4.13. The Hall–Kier alpha value is -1.68. The van der Waals surface area contributed by atoms with Crippen LogP contribution in [0.1, 0.15) is 22.9 Å². The maximum absolute atomic E-state index is 13.9. The van der Waals surface area contributed by atoms with Crippen molar-refractivity contribution < 1.29 is 4.39 Å². The predicted molar refractivity (Wildman–Crippen MR) is 65.2 cm³/mol. The van der Waals surface area contributed by atoms with Gasteiger partial charge in [-0.3, -0.25) is 4.68 Å². The third kappa shape index (κ3) is 2.22. The summed E-state index contributed by atoms with van der Waals surface area (Å²) in [6.45, 7) is 1.88. The molecule has 90 valence electrons. The van der Waals surface area contributed by atoms with Gasteiger partial charge in [0.25, 0.3) is 0 Å². The van der Waals surface area contributed by atoms with Gasteiger partial charge in [-0.05, 0) is 31.7 Å². The lowest BCUT2D eigenvalue weighted by atomic mass is 10.0. The van der Waals surface area contributed by atoms with E-state index in [1.807, 2.05) is 39.2 Å². The average Bonchev–Trinajstić information content (AvgIpc) is 2.69. The number of nitrogens with one attached hydrogen (secondary N) is 1. The summed E-state index contributed by atoms with van der Waals surface area (Å²) in [6, 6.07) is 7.00.